The van der Waals surface area contributed by atoms with Crippen molar-refractivity contribution in [2.45, 2.75) is 32.7 Å². The number of hydrogen-bond acceptors (Lipinski definition) is 2. The van der Waals surface area contributed by atoms with Crippen molar-refractivity contribution < 1.29 is 9.59 Å². The number of carbonyl (C=O) groups excluding carboxylic acids is 2. The topological polar surface area (TPSA) is 68.4 Å². The molecule has 0 saturated carbocycles. The smallest absolute Gasteiger partial charge is 0.317 e. The summed E-state index contributed by atoms with van der Waals surface area (Å²) >= 11 is 0. The molecule has 2 heterocycles. The Morgan fingerprint density at radius 1 is 0.926 bits per heavy atom. The third kappa shape index (κ3) is 4.51. The van der Waals surface area contributed by atoms with Gasteiger partial charge in [-0.05, 0) is 36.1 Å². The predicted molar refractivity (Wildman–Crippen MR) is 106 cm³/mol. The van der Waals surface area contributed by atoms with E-state index in [0.717, 1.165) is 5.56 Å². The number of rotatable bonds is 4. The first-order valence-corrected chi connectivity index (χ1v) is 9.53. The second kappa shape index (κ2) is 8.29. The third-order valence-electron chi connectivity index (χ3n) is 5.13. The standard InChI is InChI=1S/C21H28N4O2/c1-15(2)17-6-8-18(9-7-17)16(3)23-21(27)25-13-11-24(12-14-25)20(26)19-5-4-10-22-19/h4-10,15-16,22H,11-14H2,1-3H3,(H,23,27)/t16-/m0/s1. The number of carbonyl (C=O) groups is 2. The Morgan fingerprint density at radius 3 is 2.07 bits per heavy atom. The molecule has 27 heavy (non-hydrogen) atoms. The molecule has 1 saturated heterocycles. The maximum absolute atomic E-state index is 12.6. The van der Waals surface area contributed by atoms with Gasteiger partial charge in [-0.25, -0.2) is 4.79 Å². The maximum Gasteiger partial charge on any atom is 0.317 e. The molecule has 1 aliphatic heterocycles. The van der Waals surface area contributed by atoms with E-state index in [1.807, 2.05) is 13.0 Å². The minimum atomic E-state index is -0.0811. The highest BCUT2D eigenvalue weighted by atomic mass is 16.2. The predicted octanol–water partition coefficient (Wildman–Crippen LogP) is 3.37. The highest BCUT2D eigenvalue weighted by Gasteiger charge is 2.25. The van der Waals surface area contributed by atoms with Gasteiger partial charge in [0.15, 0.2) is 0 Å². The van der Waals surface area contributed by atoms with Gasteiger partial charge in [0.1, 0.15) is 5.69 Å². The van der Waals surface area contributed by atoms with Gasteiger partial charge in [0.05, 0.1) is 6.04 Å². The van der Waals surface area contributed by atoms with Gasteiger partial charge >= 0.3 is 6.03 Å². The van der Waals surface area contributed by atoms with Crippen molar-refractivity contribution in [3.8, 4) is 0 Å². The number of urea groups is 1. The molecule has 3 amide bonds. The maximum atomic E-state index is 12.6. The van der Waals surface area contributed by atoms with E-state index in [4.69, 9.17) is 0 Å². The molecule has 0 radical (unpaired) electrons. The van der Waals surface area contributed by atoms with E-state index < -0.39 is 0 Å². The lowest BCUT2D eigenvalue weighted by molar-refractivity contribution is 0.0658. The van der Waals surface area contributed by atoms with Crippen molar-refractivity contribution >= 4 is 11.9 Å². The van der Waals surface area contributed by atoms with Crippen LogP contribution in [-0.4, -0.2) is 52.9 Å². The molecule has 1 aromatic carbocycles. The molecule has 0 aliphatic carbocycles. The molecule has 1 fully saturated rings. The quantitative estimate of drug-likeness (QED) is 0.869. The van der Waals surface area contributed by atoms with E-state index in [-0.39, 0.29) is 18.0 Å². The van der Waals surface area contributed by atoms with Gasteiger partial charge in [-0.2, -0.15) is 0 Å². The summed E-state index contributed by atoms with van der Waals surface area (Å²) in [5.74, 6) is 0.479. The van der Waals surface area contributed by atoms with E-state index in [9.17, 15) is 9.59 Å². The van der Waals surface area contributed by atoms with E-state index in [1.54, 1.807) is 22.1 Å². The highest BCUT2D eigenvalue weighted by Crippen LogP contribution is 2.19. The van der Waals surface area contributed by atoms with Crippen LogP contribution >= 0.6 is 0 Å². The summed E-state index contributed by atoms with van der Waals surface area (Å²) in [5, 5.41) is 3.06. The molecule has 144 valence electrons. The number of aromatic amines is 1. The van der Waals surface area contributed by atoms with Crippen LogP contribution in [-0.2, 0) is 0 Å². The summed E-state index contributed by atoms with van der Waals surface area (Å²) < 4.78 is 0. The Labute approximate surface area is 160 Å². The molecule has 6 heteroatoms. The molecule has 6 nitrogen and oxygen atoms in total. The van der Waals surface area contributed by atoms with E-state index in [1.165, 1.54) is 5.56 Å². The van der Waals surface area contributed by atoms with Crippen LogP contribution in [0.3, 0.4) is 0 Å². The van der Waals surface area contributed by atoms with Crippen LogP contribution in [0.5, 0.6) is 0 Å². The van der Waals surface area contributed by atoms with Crippen molar-refractivity contribution in [1.82, 2.24) is 20.1 Å². The Kier molecular flexibility index (Phi) is 5.84. The Hall–Kier alpha value is -2.76. The molecular weight excluding hydrogens is 340 g/mol. The van der Waals surface area contributed by atoms with Gasteiger partial charge in [0, 0.05) is 32.4 Å². The average molecular weight is 368 g/mol. The molecule has 2 aromatic rings. The van der Waals surface area contributed by atoms with Crippen molar-refractivity contribution in [3.05, 3.63) is 59.4 Å². The lowest BCUT2D eigenvalue weighted by Crippen LogP contribution is -2.53. The highest BCUT2D eigenvalue weighted by molar-refractivity contribution is 5.92. The SMILES string of the molecule is CC(C)c1ccc([C@H](C)NC(=O)N2CCN(C(=O)c3ccc[nH]3)CC2)cc1. The molecule has 0 bridgehead atoms. The number of amides is 3. The number of piperazine rings is 1. The van der Waals surface area contributed by atoms with Crippen LogP contribution < -0.4 is 5.32 Å². The molecule has 3 rings (SSSR count). The number of benzene rings is 1. The van der Waals surface area contributed by atoms with Gasteiger partial charge in [-0.1, -0.05) is 38.1 Å². The first-order valence-electron chi connectivity index (χ1n) is 9.53. The zero-order chi connectivity index (χ0) is 19.4. The molecule has 0 spiro atoms. The minimum Gasteiger partial charge on any atom is -0.357 e. The summed E-state index contributed by atoms with van der Waals surface area (Å²) in [6.07, 6.45) is 1.74. The number of aromatic nitrogens is 1. The average Bonchev–Trinajstić information content (AvgIpc) is 3.22. The summed E-state index contributed by atoms with van der Waals surface area (Å²) in [6.45, 7) is 8.49. The van der Waals surface area contributed by atoms with Gasteiger partial charge in [-0.3, -0.25) is 4.79 Å². The van der Waals surface area contributed by atoms with Crippen LogP contribution in [0.2, 0.25) is 0 Å². The Bertz CT molecular complexity index is 760. The molecule has 0 unspecified atom stereocenters. The Morgan fingerprint density at radius 2 is 1.52 bits per heavy atom. The monoisotopic (exact) mass is 368 g/mol. The lowest BCUT2D eigenvalue weighted by Gasteiger charge is -2.35. The number of nitrogens with one attached hydrogen (secondary N) is 2. The van der Waals surface area contributed by atoms with Gasteiger partial charge in [-0.15, -0.1) is 0 Å². The van der Waals surface area contributed by atoms with Gasteiger partial charge in [0.2, 0.25) is 0 Å². The van der Waals surface area contributed by atoms with E-state index in [2.05, 4.69) is 48.4 Å². The number of H-pyrrole nitrogens is 1. The Balaban J connectivity index is 1.51. The number of hydrogen-bond donors (Lipinski definition) is 2. The fraction of sp³-hybridized carbons (Fsp3) is 0.429. The summed E-state index contributed by atoms with van der Waals surface area (Å²) in [4.78, 5) is 31.4. The first-order chi connectivity index (χ1) is 13.0. The molecule has 1 atom stereocenters. The van der Waals surface area contributed by atoms with Crippen molar-refractivity contribution in [3.63, 3.8) is 0 Å². The van der Waals surface area contributed by atoms with Crippen LogP contribution in [0.15, 0.2) is 42.6 Å². The zero-order valence-corrected chi connectivity index (χ0v) is 16.2. The summed E-state index contributed by atoms with van der Waals surface area (Å²) in [7, 11) is 0. The molecular formula is C21H28N4O2. The normalized spacial score (nSPS) is 15.7. The van der Waals surface area contributed by atoms with E-state index in [0.29, 0.717) is 37.8 Å². The van der Waals surface area contributed by atoms with Gasteiger partial charge < -0.3 is 20.1 Å². The van der Waals surface area contributed by atoms with Crippen molar-refractivity contribution in [1.29, 1.82) is 0 Å². The van der Waals surface area contributed by atoms with Crippen LogP contribution in [0.1, 0.15) is 54.3 Å². The molecule has 1 aromatic heterocycles. The van der Waals surface area contributed by atoms with Gasteiger partial charge in [0.25, 0.3) is 5.91 Å². The van der Waals surface area contributed by atoms with Crippen molar-refractivity contribution in [2.75, 3.05) is 26.2 Å². The van der Waals surface area contributed by atoms with Crippen molar-refractivity contribution in [2.24, 2.45) is 0 Å². The molecule has 1 aliphatic rings. The number of nitrogens with zero attached hydrogens (tertiary/aromatic N) is 2. The lowest BCUT2D eigenvalue weighted by atomic mass is 10.00. The van der Waals surface area contributed by atoms with E-state index >= 15 is 0 Å². The fourth-order valence-corrected chi connectivity index (χ4v) is 3.28. The summed E-state index contributed by atoms with van der Waals surface area (Å²) in [5.41, 5.74) is 2.97. The second-order valence-corrected chi connectivity index (χ2v) is 7.36. The first kappa shape index (κ1) is 19.0. The van der Waals surface area contributed by atoms with Crippen LogP contribution in [0.25, 0.3) is 0 Å². The second-order valence-electron chi connectivity index (χ2n) is 7.36. The zero-order valence-electron chi connectivity index (χ0n) is 16.2. The largest absolute Gasteiger partial charge is 0.357 e. The summed E-state index contributed by atoms with van der Waals surface area (Å²) in [6, 6.07) is 11.8. The molecule has 2 N–H and O–H groups in total. The van der Waals surface area contributed by atoms with Crippen LogP contribution in [0.4, 0.5) is 4.79 Å². The third-order valence-corrected chi connectivity index (χ3v) is 5.13. The van der Waals surface area contributed by atoms with Crippen LogP contribution in [0, 0.1) is 0 Å². The minimum absolute atomic E-state index is 0.0151. The fourth-order valence-electron chi connectivity index (χ4n) is 3.28.